The van der Waals surface area contributed by atoms with E-state index in [1.54, 1.807) is 7.11 Å². The summed E-state index contributed by atoms with van der Waals surface area (Å²) in [6.45, 7) is 0. The molecule has 4 heteroatoms. The van der Waals surface area contributed by atoms with Crippen molar-refractivity contribution in [3.05, 3.63) is 40.7 Å². The maximum absolute atomic E-state index is 6.37. The Bertz CT molecular complexity index is 628. The SMILES string of the molecule is COc1ccccc1-c1nc(Cl)c2c(n1)CCCCC2. The van der Waals surface area contributed by atoms with Crippen molar-refractivity contribution in [2.45, 2.75) is 32.1 Å². The van der Waals surface area contributed by atoms with E-state index in [1.807, 2.05) is 24.3 Å². The highest BCUT2D eigenvalue weighted by Crippen LogP contribution is 2.31. The summed E-state index contributed by atoms with van der Waals surface area (Å²) in [6, 6.07) is 7.78. The first-order chi connectivity index (χ1) is 9.79. The van der Waals surface area contributed by atoms with Crippen LogP contribution in [0, 0.1) is 0 Å². The van der Waals surface area contributed by atoms with Gasteiger partial charge in [-0.1, -0.05) is 30.2 Å². The third kappa shape index (κ3) is 2.50. The van der Waals surface area contributed by atoms with Gasteiger partial charge >= 0.3 is 0 Å². The van der Waals surface area contributed by atoms with Gasteiger partial charge in [0.15, 0.2) is 5.82 Å². The van der Waals surface area contributed by atoms with Crippen LogP contribution in [0.1, 0.15) is 30.5 Å². The summed E-state index contributed by atoms with van der Waals surface area (Å²) in [5.41, 5.74) is 3.12. The number of para-hydroxylation sites is 1. The van der Waals surface area contributed by atoms with Crippen molar-refractivity contribution in [2.75, 3.05) is 7.11 Å². The lowest BCUT2D eigenvalue weighted by Crippen LogP contribution is -2.02. The predicted octanol–water partition coefficient (Wildman–Crippen LogP) is 4.07. The molecule has 1 aliphatic carbocycles. The molecular weight excluding hydrogens is 272 g/mol. The molecule has 1 aromatic heterocycles. The molecule has 0 unspecified atom stereocenters. The Kier molecular flexibility index (Phi) is 3.88. The summed E-state index contributed by atoms with van der Waals surface area (Å²) >= 11 is 6.37. The molecule has 104 valence electrons. The summed E-state index contributed by atoms with van der Waals surface area (Å²) in [7, 11) is 1.66. The molecular formula is C16H17ClN2O. The van der Waals surface area contributed by atoms with E-state index in [9.17, 15) is 0 Å². The Labute approximate surface area is 124 Å². The van der Waals surface area contributed by atoms with E-state index >= 15 is 0 Å². The van der Waals surface area contributed by atoms with Crippen molar-refractivity contribution in [3.63, 3.8) is 0 Å². The maximum Gasteiger partial charge on any atom is 0.164 e. The van der Waals surface area contributed by atoms with Crippen molar-refractivity contribution in [2.24, 2.45) is 0 Å². The van der Waals surface area contributed by atoms with Crippen molar-refractivity contribution in [3.8, 4) is 17.1 Å². The van der Waals surface area contributed by atoms with Crippen LogP contribution in [0.3, 0.4) is 0 Å². The first-order valence-corrected chi connectivity index (χ1v) is 7.36. The number of methoxy groups -OCH3 is 1. The van der Waals surface area contributed by atoms with Gasteiger partial charge < -0.3 is 4.74 Å². The Hall–Kier alpha value is -1.61. The van der Waals surface area contributed by atoms with Crippen molar-refractivity contribution in [1.29, 1.82) is 0 Å². The molecule has 3 nitrogen and oxygen atoms in total. The number of halogens is 1. The summed E-state index contributed by atoms with van der Waals surface area (Å²) in [5.74, 6) is 1.44. The van der Waals surface area contributed by atoms with Gasteiger partial charge in [-0.3, -0.25) is 0 Å². The molecule has 0 fully saturated rings. The molecule has 0 amide bonds. The van der Waals surface area contributed by atoms with E-state index < -0.39 is 0 Å². The molecule has 0 spiro atoms. The van der Waals surface area contributed by atoms with Crippen molar-refractivity contribution in [1.82, 2.24) is 9.97 Å². The lowest BCUT2D eigenvalue weighted by atomic mass is 10.1. The van der Waals surface area contributed by atoms with Gasteiger partial charge in [-0.2, -0.15) is 0 Å². The maximum atomic E-state index is 6.37. The number of rotatable bonds is 2. The second-order valence-electron chi connectivity index (χ2n) is 5.02. The van der Waals surface area contributed by atoms with E-state index in [-0.39, 0.29) is 0 Å². The minimum absolute atomic E-state index is 0.595. The summed E-state index contributed by atoms with van der Waals surface area (Å²) in [6.07, 6.45) is 5.55. The number of aromatic nitrogens is 2. The molecule has 0 N–H and O–H groups in total. The highest BCUT2D eigenvalue weighted by Gasteiger charge is 2.17. The second kappa shape index (κ2) is 5.80. The van der Waals surface area contributed by atoms with Crippen molar-refractivity contribution < 1.29 is 4.74 Å². The lowest BCUT2D eigenvalue weighted by Gasteiger charge is -2.11. The van der Waals surface area contributed by atoms with Crippen LogP contribution in [0.25, 0.3) is 11.4 Å². The Morgan fingerprint density at radius 1 is 1.05 bits per heavy atom. The molecule has 20 heavy (non-hydrogen) atoms. The first-order valence-electron chi connectivity index (χ1n) is 6.98. The molecule has 1 aliphatic rings. The van der Waals surface area contributed by atoms with Gasteiger partial charge in [-0.15, -0.1) is 0 Å². The number of hydrogen-bond donors (Lipinski definition) is 0. The highest BCUT2D eigenvalue weighted by atomic mass is 35.5. The number of ether oxygens (including phenoxy) is 1. The molecule has 0 atom stereocenters. The van der Waals surface area contributed by atoms with Crippen LogP contribution < -0.4 is 4.74 Å². The van der Waals surface area contributed by atoms with E-state index in [1.165, 1.54) is 19.3 Å². The molecule has 0 saturated carbocycles. The molecule has 3 rings (SSSR count). The summed E-state index contributed by atoms with van der Waals surface area (Å²) < 4.78 is 5.39. The first kappa shape index (κ1) is 13.4. The average Bonchev–Trinajstić information content (AvgIpc) is 2.73. The quantitative estimate of drug-likeness (QED) is 0.617. The molecule has 2 aromatic rings. The molecule has 0 radical (unpaired) electrons. The lowest BCUT2D eigenvalue weighted by molar-refractivity contribution is 0.416. The fourth-order valence-electron chi connectivity index (χ4n) is 2.67. The molecule has 0 bridgehead atoms. The van der Waals surface area contributed by atoms with E-state index in [0.717, 1.165) is 35.4 Å². The van der Waals surface area contributed by atoms with E-state index in [2.05, 4.69) is 4.98 Å². The Balaban J connectivity index is 2.11. The Morgan fingerprint density at radius 2 is 1.85 bits per heavy atom. The minimum atomic E-state index is 0.595. The fourth-order valence-corrected chi connectivity index (χ4v) is 2.96. The normalized spacial score (nSPS) is 14.5. The number of nitrogens with zero attached hydrogens (tertiary/aromatic N) is 2. The van der Waals surface area contributed by atoms with Gasteiger partial charge in [0, 0.05) is 11.3 Å². The molecule has 0 saturated heterocycles. The highest BCUT2D eigenvalue weighted by molar-refractivity contribution is 6.30. The smallest absolute Gasteiger partial charge is 0.164 e. The molecule has 0 aliphatic heterocycles. The van der Waals surface area contributed by atoms with Crippen LogP contribution in [0.15, 0.2) is 24.3 Å². The zero-order valence-electron chi connectivity index (χ0n) is 11.5. The zero-order valence-corrected chi connectivity index (χ0v) is 12.3. The van der Waals surface area contributed by atoms with Gasteiger partial charge in [0.05, 0.1) is 12.7 Å². The van der Waals surface area contributed by atoms with Crippen LogP contribution in [-0.2, 0) is 12.8 Å². The van der Waals surface area contributed by atoms with Gasteiger partial charge in [0.1, 0.15) is 10.9 Å². The summed E-state index contributed by atoms with van der Waals surface area (Å²) in [5, 5.41) is 0.595. The molecule has 1 heterocycles. The minimum Gasteiger partial charge on any atom is -0.496 e. The third-order valence-corrected chi connectivity index (χ3v) is 4.04. The van der Waals surface area contributed by atoms with Crippen LogP contribution in [0.2, 0.25) is 5.15 Å². The number of benzene rings is 1. The van der Waals surface area contributed by atoms with Gasteiger partial charge in [-0.25, -0.2) is 9.97 Å². The van der Waals surface area contributed by atoms with Crippen molar-refractivity contribution >= 4 is 11.6 Å². The standard InChI is InChI=1S/C16H17ClN2O/c1-20-14-10-6-5-8-12(14)16-18-13-9-4-2-3-7-11(13)15(17)19-16/h5-6,8,10H,2-4,7,9H2,1H3. The Morgan fingerprint density at radius 3 is 2.70 bits per heavy atom. The average molecular weight is 289 g/mol. The van der Waals surface area contributed by atoms with Crippen LogP contribution in [-0.4, -0.2) is 17.1 Å². The van der Waals surface area contributed by atoms with Gasteiger partial charge in [0.25, 0.3) is 0 Å². The number of fused-ring (bicyclic) bond motifs is 1. The van der Waals surface area contributed by atoms with Crippen LogP contribution in [0.4, 0.5) is 0 Å². The number of aryl methyl sites for hydroxylation is 1. The third-order valence-electron chi connectivity index (χ3n) is 3.73. The monoisotopic (exact) mass is 288 g/mol. The molecule has 1 aromatic carbocycles. The fraction of sp³-hybridized carbons (Fsp3) is 0.375. The zero-order chi connectivity index (χ0) is 13.9. The van der Waals surface area contributed by atoms with Crippen LogP contribution >= 0.6 is 11.6 Å². The summed E-state index contributed by atoms with van der Waals surface area (Å²) in [4.78, 5) is 9.22. The largest absolute Gasteiger partial charge is 0.496 e. The predicted molar refractivity (Wildman–Crippen MR) is 80.3 cm³/mol. The van der Waals surface area contributed by atoms with E-state index in [4.69, 9.17) is 21.3 Å². The topological polar surface area (TPSA) is 35.0 Å². The van der Waals surface area contributed by atoms with E-state index in [0.29, 0.717) is 11.0 Å². The number of hydrogen-bond acceptors (Lipinski definition) is 3. The van der Waals surface area contributed by atoms with Gasteiger partial charge in [0.2, 0.25) is 0 Å². The van der Waals surface area contributed by atoms with Crippen LogP contribution in [0.5, 0.6) is 5.75 Å². The van der Waals surface area contributed by atoms with Gasteiger partial charge in [-0.05, 0) is 37.8 Å². The second-order valence-corrected chi connectivity index (χ2v) is 5.38.